The van der Waals surface area contributed by atoms with Gasteiger partial charge in [-0.3, -0.25) is 0 Å². The molecular formula is C19H28N6O. The first kappa shape index (κ1) is 19.5. The molecule has 0 radical (unpaired) electrons. The van der Waals surface area contributed by atoms with Gasteiger partial charge in [0, 0.05) is 13.6 Å². The second-order valence-corrected chi connectivity index (χ2v) is 6.13. The maximum atomic E-state index is 5.99. The van der Waals surface area contributed by atoms with Crippen LogP contribution in [0, 0.1) is 13.8 Å². The number of aryl methyl sites for hydroxylation is 2. The summed E-state index contributed by atoms with van der Waals surface area (Å²) in [5.41, 5.74) is 1.12. The number of nitrogens with zero attached hydrogens (tertiary/aromatic N) is 4. The lowest BCUT2D eigenvalue weighted by Crippen LogP contribution is -2.42. The highest BCUT2D eigenvalue weighted by Crippen LogP contribution is 2.17. The van der Waals surface area contributed by atoms with E-state index in [0.29, 0.717) is 25.6 Å². The fourth-order valence-corrected chi connectivity index (χ4v) is 2.27. The van der Waals surface area contributed by atoms with Gasteiger partial charge in [-0.1, -0.05) is 24.3 Å². The second kappa shape index (κ2) is 9.60. The predicted molar refractivity (Wildman–Crippen MR) is 104 cm³/mol. The molecule has 0 amide bonds. The summed E-state index contributed by atoms with van der Waals surface area (Å²) < 4.78 is 7.92. The Morgan fingerprint density at radius 2 is 2.08 bits per heavy atom. The van der Waals surface area contributed by atoms with Crippen molar-refractivity contribution in [3.63, 3.8) is 0 Å². The highest BCUT2D eigenvalue weighted by Gasteiger charge is 2.08. The van der Waals surface area contributed by atoms with Crippen molar-refractivity contribution >= 4 is 5.96 Å². The average molecular weight is 356 g/mol. The third kappa shape index (κ3) is 5.61. The number of aromatic nitrogens is 3. The minimum Gasteiger partial charge on any atom is -0.489 e. The standard InChI is InChI=1S/C19H28N6O/c1-6-11-20-19(22-13-18-24-23-16(4)25(18)5)21-12-15(3)26-17-10-8-7-9-14(17)2/h6-10,15H,1,11-13H2,2-5H3,(H2,20,21,22). The van der Waals surface area contributed by atoms with E-state index < -0.39 is 0 Å². The number of rotatable bonds is 8. The van der Waals surface area contributed by atoms with Crippen molar-refractivity contribution < 1.29 is 4.74 Å². The van der Waals surface area contributed by atoms with Crippen LogP contribution in [0.5, 0.6) is 5.75 Å². The SMILES string of the molecule is C=CCNC(=NCc1nnc(C)n1C)NCC(C)Oc1ccccc1C. The lowest BCUT2D eigenvalue weighted by atomic mass is 10.2. The van der Waals surface area contributed by atoms with Gasteiger partial charge in [0.25, 0.3) is 0 Å². The van der Waals surface area contributed by atoms with Crippen molar-refractivity contribution in [2.75, 3.05) is 13.1 Å². The van der Waals surface area contributed by atoms with Crippen molar-refractivity contribution in [1.82, 2.24) is 25.4 Å². The predicted octanol–water partition coefficient (Wildman–Crippen LogP) is 2.12. The molecule has 0 aliphatic heterocycles. The maximum absolute atomic E-state index is 5.99. The molecule has 0 fully saturated rings. The maximum Gasteiger partial charge on any atom is 0.192 e. The third-order valence-corrected chi connectivity index (χ3v) is 3.95. The summed E-state index contributed by atoms with van der Waals surface area (Å²) in [6.45, 7) is 11.4. The molecular weight excluding hydrogens is 328 g/mol. The van der Waals surface area contributed by atoms with Gasteiger partial charge >= 0.3 is 0 Å². The number of nitrogens with one attached hydrogen (secondary N) is 2. The van der Waals surface area contributed by atoms with E-state index in [1.165, 1.54) is 0 Å². The van der Waals surface area contributed by atoms with E-state index in [9.17, 15) is 0 Å². The van der Waals surface area contributed by atoms with E-state index in [0.717, 1.165) is 23.0 Å². The lowest BCUT2D eigenvalue weighted by Gasteiger charge is -2.18. The van der Waals surface area contributed by atoms with Crippen molar-refractivity contribution in [3.8, 4) is 5.75 Å². The van der Waals surface area contributed by atoms with Crippen LogP contribution in [0.1, 0.15) is 24.1 Å². The molecule has 1 unspecified atom stereocenters. The van der Waals surface area contributed by atoms with Crippen molar-refractivity contribution in [1.29, 1.82) is 0 Å². The number of para-hydroxylation sites is 1. The summed E-state index contributed by atoms with van der Waals surface area (Å²) in [5.74, 6) is 3.26. The lowest BCUT2D eigenvalue weighted by molar-refractivity contribution is 0.222. The smallest absolute Gasteiger partial charge is 0.192 e. The van der Waals surface area contributed by atoms with E-state index in [2.05, 4.69) is 32.4 Å². The third-order valence-electron chi connectivity index (χ3n) is 3.95. The van der Waals surface area contributed by atoms with Crippen LogP contribution in [0.15, 0.2) is 41.9 Å². The number of hydrogen-bond acceptors (Lipinski definition) is 4. The Morgan fingerprint density at radius 1 is 1.31 bits per heavy atom. The number of hydrogen-bond donors (Lipinski definition) is 2. The van der Waals surface area contributed by atoms with Gasteiger partial charge in [0.2, 0.25) is 0 Å². The normalized spacial score (nSPS) is 12.5. The van der Waals surface area contributed by atoms with Crippen molar-refractivity contribution in [2.45, 2.75) is 33.4 Å². The first-order valence-corrected chi connectivity index (χ1v) is 8.71. The molecule has 7 nitrogen and oxygen atoms in total. The van der Waals surface area contributed by atoms with E-state index in [4.69, 9.17) is 4.74 Å². The molecule has 2 rings (SSSR count). The van der Waals surface area contributed by atoms with Gasteiger partial charge in [-0.05, 0) is 32.4 Å². The summed E-state index contributed by atoms with van der Waals surface area (Å²) in [6.07, 6.45) is 1.78. The zero-order chi connectivity index (χ0) is 18.9. The van der Waals surface area contributed by atoms with Crippen LogP contribution in [0.3, 0.4) is 0 Å². The minimum absolute atomic E-state index is 0.0103. The minimum atomic E-state index is -0.0103. The molecule has 0 aliphatic rings. The first-order valence-electron chi connectivity index (χ1n) is 8.71. The van der Waals surface area contributed by atoms with Gasteiger partial charge in [0.15, 0.2) is 11.8 Å². The largest absolute Gasteiger partial charge is 0.489 e. The van der Waals surface area contributed by atoms with E-state index in [1.807, 2.05) is 56.7 Å². The molecule has 7 heteroatoms. The van der Waals surface area contributed by atoms with Gasteiger partial charge in [-0.2, -0.15) is 0 Å². The summed E-state index contributed by atoms with van der Waals surface area (Å²) in [7, 11) is 1.93. The second-order valence-electron chi connectivity index (χ2n) is 6.13. The molecule has 1 atom stereocenters. The monoisotopic (exact) mass is 356 g/mol. The Kier molecular flexibility index (Phi) is 7.20. The summed E-state index contributed by atoms with van der Waals surface area (Å²) in [6, 6.07) is 8.00. The Morgan fingerprint density at radius 3 is 2.73 bits per heavy atom. The fourth-order valence-electron chi connectivity index (χ4n) is 2.27. The molecule has 2 aromatic rings. The fraction of sp³-hybridized carbons (Fsp3) is 0.421. The summed E-state index contributed by atoms with van der Waals surface area (Å²) in [5, 5.41) is 14.7. The Bertz CT molecular complexity index is 752. The molecule has 0 bridgehead atoms. The molecule has 0 aliphatic carbocycles. The average Bonchev–Trinajstić information content (AvgIpc) is 2.95. The first-order chi connectivity index (χ1) is 12.5. The summed E-state index contributed by atoms with van der Waals surface area (Å²) in [4.78, 5) is 4.57. The van der Waals surface area contributed by atoms with Gasteiger partial charge in [0.1, 0.15) is 24.2 Å². The van der Waals surface area contributed by atoms with E-state index >= 15 is 0 Å². The zero-order valence-corrected chi connectivity index (χ0v) is 16.0. The zero-order valence-electron chi connectivity index (χ0n) is 16.0. The number of benzene rings is 1. The molecule has 140 valence electrons. The Hall–Kier alpha value is -2.83. The van der Waals surface area contributed by atoms with Crippen LogP contribution in [0.25, 0.3) is 0 Å². The molecule has 0 saturated heterocycles. The van der Waals surface area contributed by atoms with Gasteiger partial charge in [0.05, 0.1) is 6.54 Å². The Labute approximate surface area is 155 Å². The van der Waals surface area contributed by atoms with Crippen LogP contribution in [-0.2, 0) is 13.6 Å². The van der Waals surface area contributed by atoms with E-state index in [-0.39, 0.29) is 6.10 Å². The number of ether oxygens (including phenoxy) is 1. The van der Waals surface area contributed by atoms with Crippen molar-refractivity contribution in [3.05, 3.63) is 54.1 Å². The highest BCUT2D eigenvalue weighted by molar-refractivity contribution is 5.79. The van der Waals surface area contributed by atoms with Gasteiger partial charge < -0.3 is 19.9 Å². The van der Waals surface area contributed by atoms with E-state index in [1.54, 1.807) is 6.08 Å². The van der Waals surface area contributed by atoms with Crippen LogP contribution in [0.2, 0.25) is 0 Å². The molecule has 1 aromatic heterocycles. The topological polar surface area (TPSA) is 76.4 Å². The summed E-state index contributed by atoms with van der Waals surface area (Å²) >= 11 is 0. The van der Waals surface area contributed by atoms with Crippen LogP contribution >= 0.6 is 0 Å². The van der Waals surface area contributed by atoms with Crippen LogP contribution in [-0.4, -0.2) is 39.9 Å². The quantitative estimate of drug-likeness (QED) is 0.430. The van der Waals surface area contributed by atoms with Crippen molar-refractivity contribution in [2.24, 2.45) is 12.0 Å². The molecule has 26 heavy (non-hydrogen) atoms. The number of guanidine groups is 1. The molecule has 1 aromatic carbocycles. The Balaban J connectivity index is 1.94. The number of aliphatic imine (C=N–C) groups is 1. The van der Waals surface area contributed by atoms with Gasteiger partial charge in [-0.15, -0.1) is 16.8 Å². The molecule has 0 spiro atoms. The highest BCUT2D eigenvalue weighted by atomic mass is 16.5. The molecule has 1 heterocycles. The van der Waals surface area contributed by atoms with Crippen LogP contribution in [0.4, 0.5) is 0 Å². The molecule has 0 saturated carbocycles. The van der Waals surface area contributed by atoms with Crippen LogP contribution < -0.4 is 15.4 Å². The van der Waals surface area contributed by atoms with Gasteiger partial charge in [-0.25, -0.2) is 4.99 Å². The molecule has 2 N–H and O–H groups in total.